The molecule has 0 amide bonds. The Bertz CT molecular complexity index is 1660. The number of rotatable bonds is 6. The highest BCUT2D eigenvalue weighted by molar-refractivity contribution is 6.24. The molecule has 40 heavy (non-hydrogen) atoms. The molecule has 0 saturated carbocycles. The lowest BCUT2D eigenvalue weighted by Gasteiger charge is -2.21. The second-order valence-corrected chi connectivity index (χ2v) is 8.66. The van der Waals surface area contributed by atoms with Crippen molar-refractivity contribution in [2.75, 3.05) is 28.1 Å². The van der Waals surface area contributed by atoms with Crippen LogP contribution in [-0.2, 0) is 10.9 Å². The Balaban J connectivity index is 1.90. The van der Waals surface area contributed by atoms with Crippen molar-refractivity contribution in [3.05, 3.63) is 76.9 Å². The lowest BCUT2D eigenvalue weighted by atomic mass is 9.85. The van der Waals surface area contributed by atoms with Crippen LogP contribution < -0.4 is 18.9 Å². The molecule has 8 nitrogen and oxygen atoms in total. The first kappa shape index (κ1) is 26.7. The number of ketones is 1. The number of phenolic OH excluding ortho intramolecular Hbond substituents is 1. The molecule has 11 heteroatoms. The van der Waals surface area contributed by atoms with Gasteiger partial charge in [0.1, 0.15) is 5.75 Å². The largest absolute Gasteiger partial charge is 0.506 e. The number of benzene rings is 4. The predicted molar refractivity (Wildman–Crippen MR) is 136 cm³/mol. The van der Waals surface area contributed by atoms with Crippen molar-refractivity contribution in [2.45, 2.75) is 6.18 Å². The topological polar surface area (TPSA) is 101 Å². The van der Waals surface area contributed by atoms with Gasteiger partial charge in [0.05, 0.1) is 38.0 Å². The fourth-order valence-corrected chi connectivity index (χ4v) is 4.70. The van der Waals surface area contributed by atoms with Gasteiger partial charge in [-0.1, -0.05) is 24.3 Å². The third-order valence-corrected chi connectivity index (χ3v) is 6.54. The normalized spacial score (nSPS) is 12.3. The first-order valence-electron chi connectivity index (χ1n) is 11.7. The zero-order valence-electron chi connectivity index (χ0n) is 21.3. The summed E-state index contributed by atoms with van der Waals surface area (Å²) >= 11 is 0. The van der Waals surface area contributed by atoms with Crippen LogP contribution >= 0.6 is 0 Å². The van der Waals surface area contributed by atoms with Crippen LogP contribution in [0.5, 0.6) is 28.7 Å². The number of carbonyl (C=O) groups is 2. The highest BCUT2D eigenvalue weighted by Gasteiger charge is 2.34. The maximum Gasteiger partial charge on any atom is 0.416 e. The van der Waals surface area contributed by atoms with E-state index in [-0.39, 0.29) is 45.8 Å². The number of fused-ring (bicyclic) bond motifs is 2. The van der Waals surface area contributed by atoms with E-state index < -0.39 is 34.8 Å². The van der Waals surface area contributed by atoms with Gasteiger partial charge in [-0.15, -0.1) is 0 Å². The molecule has 5 rings (SSSR count). The molecule has 206 valence electrons. The molecule has 1 aliphatic rings. The third-order valence-electron chi connectivity index (χ3n) is 6.54. The first-order chi connectivity index (χ1) is 19.1. The Kier molecular flexibility index (Phi) is 6.66. The molecule has 0 atom stereocenters. The fraction of sp³-hybridized carbons (Fsp3) is 0.172. The molecule has 4 aromatic rings. The molecule has 0 radical (unpaired) electrons. The van der Waals surface area contributed by atoms with E-state index in [9.17, 15) is 27.9 Å². The second kappa shape index (κ2) is 9.99. The van der Waals surface area contributed by atoms with Gasteiger partial charge >= 0.3 is 12.1 Å². The van der Waals surface area contributed by atoms with Gasteiger partial charge in [0, 0.05) is 22.1 Å². The van der Waals surface area contributed by atoms with Gasteiger partial charge in [0.2, 0.25) is 6.79 Å². The van der Waals surface area contributed by atoms with Crippen LogP contribution in [-0.4, -0.2) is 45.0 Å². The molecule has 0 unspecified atom stereocenters. The van der Waals surface area contributed by atoms with E-state index in [0.717, 1.165) is 31.4 Å². The summed E-state index contributed by atoms with van der Waals surface area (Å²) in [6.07, 6.45) is -4.62. The molecule has 0 saturated heterocycles. The van der Waals surface area contributed by atoms with Crippen LogP contribution in [0, 0.1) is 0 Å². The molecule has 4 aromatic carbocycles. The standard InChI is InChI=1S/C29H21F3O8/c1-36-19-6-4-5-16(27(19)37-2)22-17-11-20-21(40-13-39-20)12-18(17)26(34)24(23(22)28(35)38-3)25(33)14-7-9-15(10-8-14)29(30,31)32/h4-12,34H,13H2,1-3H3. The molecule has 0 aromatic heterocycles. The lowest BCUT2D eigenvalue weighted by molar-refractivity contribution is -0.137. The maximum absolute atomic E-state index is 13.8. The highest BCUT2D eigenvalue weighted by atomic mass is 19.4. The molecule has 0 bridgehead atoms. The molecule has 0 fully saturated rings. The monoisotopic (exact) mass is 554 g/mol. The van der Waals surface area contributed by atoms with Crippen molar-refractivity contribution in [2.24, 2.45) is 0 Å². The average Bonchev–Trinajstić information content (AvgIpc) is 3.42. The van der Waals surface area contributed by atoms with E-state index in [1.807, 2.05) is 0 Å². The van der Waals surface area contributed by atoms with Crippen molar-refractivity contribution in [1.29, 1.82) is 0 Å². The van der Waals surface area contributed by atoms with E-state index in [0.29, 0.717) is 17.1 Å². The number of alkyl halides is 3. The number of hydrogen-bond donors (Lipinski definition) is 1. The van der Waals surface area contributed by atoms with E-state index in [4.69, 9.17) is 23.7 Å². The van der Waals surface area contributed by atoms with Crippen LogP contribution in [0.3, 0.4) is 0 Å². The van der Waals surface area contributed by atoms with Gasteiger partial charge < -0.3 is 28.8 Å². The number of ether oxygens (including phenoxy) is 5. The minimum Gasteiger partial charge on any atom is -0.506 e. The summed E-state index contributed by atoms with van der Waals surface area (Å²) in [6, 6.07) is 11.3. The summed E-state index contributed by atoms with van der Waals surface area (Å²) in [5.41, 5.74) is -1.51. The SMILES string of the molecule is COC(=O)c1c(C(=O)c2ccc(C(F)(F)F)cc2)c(O)c2cc3c(cc2c1-c1cccc(OC)c1OC)OCO3. The van der Waals surface area contributed by atoms with Crippen molar-refractivity contribution < 1.29 is 51.6 Å². The van der Waals surface area contributed by atoms with E-state index in [1.54, 1.807) is 24.3 Å². The summed E-state index contributed by atoms with van der Waals surface area (Å²) in [5.74, 6) is -1.34. The van der Waals surface area contributed by atoms with Gasteiger partial charge in [-0.2, -0.15) is 13.2 Å². The van der Waals surface area contributed by atoms with Crippen molar-refractivity contribution in [3.63, 3.8) is 0 Å². The fourth-order valence-electron chi connectivity index (χ4n) is 4.70. The average molecular weight is 554 g/mol. The Hall–Kier alpha value is -4.93. The maximum atomic E-state index is 13.8. The second-order valence-electron chi connectivity index (χ2n) is 8.66. The molecule has 0 spiro atoms. The summed E-state index contributed by atoms with van der Waals surface area (Å²) in [4.78, 5) is 27.2. The summed E-state index contributed by atoms with van der Waals surface area (Å²) in [6.45, 7) is -0.0918. The molecule has 1 aliphatic heterocycles. The minimum absolute atomic E-state index is 0.0918. The lowest BCUT2D eigenvalue weighted by Crippen LogP contribution is -2.15. The van der Waals surface area contributed by atoms with Crippen LogP contribution in [0.1, 0.15) is 31.8 Å². The molecule has 1 heterocycles. The zero-order chi connectivity index (χ0) is 28.8. The zero-order valence-corrected chi connectivity index (χ0v) is 21.3. The predicted octanol–water partition coefficient (Wildman–Crippen LogP) is 5.99. The Morgan fingerprint density at radius 1 is 0.875 bits per heavy atom. The van der Waals surface area contributed by atoms with E-state index in [2.05, 4.69) is 0 Å². The van der Waals surface area contributed by atoms with Gasteiger partial charge in [-0.25, -0.2) is 4.79 Å². The quantitative estimate of drug-likeness (QED) is 0.229. The van der Waals surface area contributed by atoms with E-state index >= 15 is 0 Å². The molecule has 0 aliphatic carbocycles. The Morgan fingerprint density at radius 3 is 2.10 bits per heavy atom. The smallest absolute Gasteiger partial charge is 0.416 e. The molecule has 1 N–H and O–H groups in total. The van der Waals surface area contributed by atoms with Crippen LogP contribution in [0.2, 0.25) is 0 Å². The highest BCUT2D eigenvalue weighted by Crippen LogP contribution is 2.50. The summed E-state index contributed by atoms with van der Waals surface area (Å²) in [7, 11) is 3.92. The number of methoxy groups -OCH3 is 3. The van der Waals surface area contributed by atoms with Crippen LogP contribution in [0.15, 0.2) is 54.6 Å². The van der Waals surface area contributed by atoms with Gasteiger partial charge in [-0.3, -0.25) is 4.79 Å². The third kappa shape index (κ3) is 4.29. The molecular formula is C29H21F3O8. The number of esters is 1. The summed E-state index contributed by atoms with van der Waals surface area (Å²) in [5, 5.41) is 11.9. The first-order valence-corrected chi connectivity index (χ1v) is 11.7. The van der Waals surface area contributed by atoms with Gasteiger partial charge in [0.25, 0.3) is 0 Å². The van der Waals surface area contributed by atoms with Crippen molar-refractivity contribution >= 4 is 22.5 Å². The number of carbonyl (C=O) groups excluding carboxylic acids is 2. The minimum atomic E-state index is -4.62. The Morgan fingerprint density at radius 2 is 1.52 bits per heavy atom. The van der Waals surface area contributed by atoms with Crippen molar-refractivity contribution in [3.8, 4) is 39.9 Å². The number of phenols is 1. The number of para-hydroxylation sites is 1. The number of halogens is 3. The van der Waals surface area contributed by atoms with Crippen molar-refractivity contribution in [1.82, 2.24) is 0 Å². The number of aromatic hydroxyl groups is 1. The summed E-state index contributed by atoms with van der Waals surface area (Å²) < 4.78 is 66.5. The van der Waals surface area contributed by atoms with Crippen LogP contribution in [0.4, 0.5) is 13.2 Å². The number of hydrogen-bond acceptors (Lipinski definition) is 8. The van der Waals surface area contributed by atoms with E-state index in [1.165, 1.54) is 20.3 Å². The molecular weight excluding hydrogens is 533 g/mol. The van der Waals surface area contributed by atoms with Crippen LogP contribution in [0.25, 0.3) is 21.9 Å². The van der Waals surface area contributed by atoms with Gasteiger partial charge in [0.15, 0.2) is 28.8 Å². The Labute approximate surface area is 225 Å². The van der Waals surface area contributed by atoms with Gasteiger partial charge in [-0.05, 0) is 35.7 Å².